The minimum Gasteiger partial charge on any atom is -0.372 e. The standard InChI is InChI=1S/C30H28F4O/c1-2-18-3-8-20(9-4-18)23-15-16-24(29(33)28(23)32)21-10-5-19(6-11-21)7-12-22-13-14-25(26-17-35-26)30(34)27(22)31/h2-4,7-9,12-13,15-16,19,21,25-26H,1,5-6,10-11,14,17H2/b12-7+. The van der Waals surface area contributed by atoms with Crippen molar-refractivity contribution >= 4 is 6.08 Å². The number of rotatable bonds is 6. The SMILES string of the molecule is C=Cc1ccc(-c2ccc(C3CCC(/C=C/C4=CCC(C5CO5)C(F)=C4F)CC3)c(F)c2F)cc1. The number of hydrogen-bond donors (Lipinski definition) is 0. The van der Waals surface area contributed by atoms with Gasteiger partial charge in [-0.3, -0.25) is 0 Å². The Hall–Kier alpha value is -2.92. The zero-order chi connectivity index (χ0) is 24.5. The minimum absolute atomic E-state index is 0.0615. The molecule has 1 nitrogen and oxygen atoms in total. The smallest absolute Gasteiger partial charge is 0.166 e. The summed E-state index contributed by atoms with van der Waals surface area (Å²) in [6.07, 6.45) is 10.3. The molecule has 5 rings (SSSR count). The van der Waals surface area contributed by atoms with Crippen molar-refractivity contribution in [2.24, 2.45) is 11.8 Å². The maximum absolute atomic E-state index is 15.0. The number of epoxide rings is 1. The van der Waals surface area contributed by atoms with E-state index in [4.69, 9.17) is 4.74 Å². The first-order valence-corrected chi connectivity index (χ1v) is 12.2. The Balaban J connectivity index is 1.22. The third-order valence-electron chi connectivity index (χ3n) is 7.52. The van der Waals surface area contributed by atoms with Crippen LogP contribution in [0.3, 0.4) is 0 Å². The van der Waals surface area contributed by atoms with Gasteiger partial charge in [-0.1, -0.05) is 67.3 Å². The van der Waals surface area contributed by atoms with E-state index >= 15 is 4.39 Å². The van der Waals surface area contributed by atoms with Gasteiger partial charge in [-0.05, 0) is 60.6 Å². The molecule has 2 aromatic rings. The normalized spacial score (nSPS) is 26.7. The van der Waals surface area contributed by atoms with Gasteiger partial charge in [0, 0.05) is 17.1 Å². The summed E-state index contributed by atoms with van der Waals surface area (Å²) in [7, 11) is 0. The molecular weight excluding hydrogens is 452 g/mol. The van der Waals surface area contributed by atoms with Gasteiger partial charge in [0.25, 0.3) is 0 Å². The van der Waals surface area contributed by atoms with Crippen molar-refractivity contribution < 1.29 is 22.3 Å². The zero-order valence-corrected chi connectivity index (χ0v) is 19.5. The lowest BCUT2D eigenvalue weighted by Crippen LogP contribution is -2.14. The van der Waals surface area contributed by atoms with Gasteiger partial charge in [-0.2, -0.15) is 0 Å². The van der Waals surface area contributed by atoms with Crippen molar-refractivity contribution in [3.63, 3.8) is 0 Å². The molecule has 35 heavy (non-hydrogen) atoms. The van der Waals surface area contributed by atoms with Crippen LogP contribution in [0.1, 0.15) is 49.1 Å². The van der Waals surface area contributed by atoms with Crippen LogP contribution in [0.2, 0.25) is 0 Å². The van der Waals surface area contributed by atoms with E-state index in [2.05, 4.69) is 6.58 Å². The Morgan fingerprint density at radius 3 is 2.26 bits per heavy atom. The molecule has 182 valence electrons. The second kappa shape index (κ2) is 9.98. The molecule has 0 aromatic heterocycles. The first-order valence-electron chi connectivity index (χ1n) is 12.2. The fraction of sp³-hybridized carbons (Fsp3) is 0.333. The van der Waals surface area contributed by atoms with E-state index in [1.807, 2.05) is 18.2 Å². The molecule has 0 spiro atoms. The number of ether oxygens (including phenoxy) is 1. The second-order valence-corrected chi connectivity index (χ2v) is 9.66. The molecule has 1 aliphatic heterocycles. The highest BCUT2D eigenvalue weighted by atomic mass is 19.2. The summed E-state index contributed by atoms with van der Waals surface area (Å²) in [4.78, 5) is 0. The first-order chi connectivity index (χ1) is 17.0. The lowest BCUT2D eigenvalue weighted by Gasteiger charge is -2.28. The summed E-state index contributed by atoms with van der Waals surface area (Å²) in [5.74, 6) is -3.47. The van der Waals surface area contributed by atoms with Crippen molar-refractivity contribution in [3.05, 3.63) is 101 Å². The molecule has 0 bridgehead atoms. The van der Waals surface area contributed by atoms with E-state index in [1.54, 1.807) is 42.5 Å². The highest BCUT2D eigenvalue weighted by Crippen LogP contribution is 2.41. The highest BCUT2D eigenvalue weighted by molar-refractivity contribution is 5.66. The molecule has 3 aliphatic rings. The van der Waals surface area contributed by atoms with Crippen molar-refractivity contribution in [1.29, 1.82) is 0 Å². The maximum atomic E-state index is 15.0. The van der Waals surface area contributed by atoms with Gasteiger partial charge in [0.1, 0.15) is 5.83 Å². The zero-order valence-electron chi connectivity index (χ0n) is 19.5. The fourth-order valence-corrected chi connectivity index (χ4v) is 5.26. The van der Waals surface area contributed by atoms with Gasteiger partial charge in [-0.25, -0.2) is 17.6 Å². The predicted molar refractivity (Wildman–Crippen MR) is 131 cm³/mol. The van der Waals surface area contributed by atoms with E-state index < -0.39 is 29.2 Å². The molecule has 0 radical (unpaired) electrons. The Morgan fingerprint density at radius 1 is 0.886 bits per heavy atom. The molecule has 1 heterocycles. The fourth-order valence-electron chi connectivity index (χ4n) is 5.26. The van der Waals surface area contributed by atoms with Crippen LogP contribution in [0.4, 0.5) is 17.6 Å². The van der Waals surface area contributed by atoms with Crippen LogP contribution < -0.4 is 0 Å². The van der Waals surface area contributed by atoms with E-state index in [0.29, 0.717) is 37.0 Å². The van der Waals surface area contributed by atoms with Crippen LogP contribution in [-0.4, -0.2) is 12.7 Å². The third kappa shape index (κ3) is 4.92. The van der Waals surface area contributed by atoms with Crippen molar-refractivity contribution in [2.45, 2.75) is 44.1 Å². The lowest BCUT2D eigenvalue weighted by molar-refractivity contribution is 0.311. The Morgan fingerprint density at radius 2 is 1.60 bits per heavy atom. The molecule has 2 fully saturated rings. The molecule has 2 atom stereocenters. The van der Waals surface area contributed by atoms with E-state index in [-0.39, 0.29) is 29.1 Å². The van der Waals surface area contributed by atoms with Crippen LogP contribution in [0.15, 0.2) is 78.4 Å². The maximum Gasteiger partial charge on any atom is 0.166 e. The molecular formula is C30H28F4O. The predicted octanol–water partition coefficient (Wildman–Crippen LogP) is 8.60. The summed E-state index contributed by atoms with van der Waals surface area (Å²) in [6, 6.07) is 10.5. The molecule has 0 N–H and O–H groups in total. The highest BCUT2D eigenvalue weighted by Gasteiger charge is 2.38. The summed E-state index contributed by atoms with van der Waals surface area (Å²) in [6.45, 7) is 4.20. The number of halogens is 4. The van der Waals surface area contributed by atoms with E-state index in [1.165, 1.54) is 0 Å². The quantitative estimate of drug-likeness (QED) is 0.298. The average molecular weight is 481 g/mol. The van der Waals surface area contributed by atoms with Crippen molar-refractivity contribution in [3.8, 4) is 11.1 Å². The van der Waals surface area contributed by atoms with Crippen LogP contribution in [-0.2, 0) is 4.74 Å². The van der Waals surface area contributed by atoms with E-state index in [0.717, 1.165) is 18.4 Å². The average Bonchev–Trinajstić information content (AvgIpc) is 3.72. The van der Waals surface area contributed by atoms with Crippen LogP contribution in [0.25, 0.3) is 17.2 Å². The van der Waals surface area contributed by atoms with Gasteiger partial charge in [0.05, 0.1) is 12.7 Å². The molecule has 1 saturated carbocycles. The van der Waals surface area contributed by atoms with Gasteiger partial charge in [0.2, 0.25) is 0 Å². The van der Waals surface area contributed by atoms with Gasteiger partial charge in [0.15, 0.2) is 17.5 Å². The molecule has 1 saturated heterocycles. The topological polar surface area (TPSA) is 12.5 Å². The number of hydrogen-bond acceptors (Lipinski definition) is 1. The Labute approximate surface area is 203 Å². The molecule has 2 aromatic carbocycles. The molecule has 2 aliphatic carbocycles. The van der Waals surface area contributed by atoms with E-state index in [9.17, 15) is 13.2 Å². The van der Waals surface area contributed by atoms with Crippen molar-refractivity contribution in [2.75, 3.05) is 6.61 Å². The summed E-state index contributed by atoms with van der Waals surface area (Å²) < 4.78 is 63.8. The summed E-state index contributed by atoms with van der Waals surface area (Å²) in [5, 5.41) is 0. The third-order valence-corrected chi connectivity index (χ3v) is 7.52. The lowest BCUT2D eigenvalue weighted by atomic mass is 9.78. The van der Waals surface area contributed by atoms with Crippen LogP contribution in [0, 0.1) is 23.5 Å². The van der Waals surface area contributed by atoms with Crippen LogP contribution >= 0.6 is 0 Å². The first kappa shape index (κ1) is 23.8. The van der Waals surface area contributed by atoms with Gasteiger partial charge in [-0.15, -0.1) is 0 Å². The van der Waals surface area contributed by atoms with Crippen molar-refractivity contribution in [1.82, 2.24) is 0 Å². The molecule has 2 unspecified atom stereocenters. The Kier molecular flexibility index (Phi) is 6.79. The summed E-state index contributed by atoms with van der Waals surface area (Å²) in [5.41, 5.74) is 2.48. The van der Waals surface area contributed by atoms with Gasteiger partial charge < -0.3 is 4.74 Å². The number of allylic oxidation sites excluding steroid dienone is 5. The minimum atomic E-state index is -0.820. The second-order valence-electron chi connectivity index (χ2n) is 9.66. The largest absolute Gasteiger partial charge is 0.372 e. The van der Waals surface area contributed by atoms with Crippen LogP contribution in [0.5, 0.6) is 0 Å². The molecule has 0 amide bonds. The monoisotopic (exact) mass is 480 g/mol. The number of benzene rings is 2. The molecule has 5 heteroatoms. The Bertz CT molecular complexity index is 1200. The summed E-state index contributed by atoms with van der Waals surface area (Å²) >= 11 is 0. The van der Waals surface area contributed by atoms with Gasteiger partial charge >= 0.3 is 0 Å².